The first-order valence-electron chi connectivity index (χ1n) is 8.99. The number of hydrogen-bond acceptors (Lipinski definition) is 2. The van der Waals surface area contributed by atoms with Crippen LogP contribution in [-0.4, -0.2) is 26.1 Å². The second-order valence-corrected chi connectivity index (χ2v) is 8.53. The van der Waals surface area contributed by atoms with Crippen LogP contribution >= 0.6 is 0 Å². The first-order valence-corrected chi connectivity index (χ1v) is 10.5. The maximum absolute atomic E-state index is 14.6. The van der Waals surface area contributed by atoms with E-state index in [-0.39, 0.29) is 12.2 Å². The van der Waals surface area contributed by atoms with Crippen LogP contribution in [0.5, 0.6) is 0 Å². The maximum Gasteiger partial charge on any atom is 0.308 e. The van der Waals surface area contributed by atoms with Crippen molar-refractivity contribution in [1.82, 2.24) is 4.57 Å². The summed E-state index contributed by atoms with van der Waals surface area (Å²) in [6.45, 7) is 0.322. The second kappa shape index (κ2) is 7.13. The molecule has 4 nitrogen and oxygen atoms in total. The highest BCUT2D eigenvalue weighted by atomic mass is 32.2. The number of carboxylic acids is 1. The van der Waals surface area contributed by atoms with Crippen molar-refractivity contribution < 1.29 is 22.9 Å². The van der Waals surface area contributed by atoms with Crippen LogP contribution in [-0.2, 0) is 35.0 Å². The molecule has 4 rings (SSSR count). The Balaban J connectivity index is 1.82. The number of aromatic nitrogens is 1. The minimum Gasteiger partial charge on any atom is -0.481 e. The van der Waals surface area contributed by atoms with Gasteiger partial charge in [-0.05, 0) is 54.3 Å². The molecule has 28 heavy (non-hydrogen) atoms. The number of benzene rings is 2. The molecule has 2 heterocycles. The van der Waals surface area contributed by atoms with Gasteiger partial charge >= 0.3 is 5.97 Å². The fourth-order valence-corrected chi connectivity index (χ4v) is 4.53. The highest BCUT2D eigenvalue weighted by Crippen LogP contribution is 2.35. The van der Waals surface area contributed by atoms with Crippen LogP contribution in [0.1, 0.15) is 23.2 Å². The Morgan fingerprint density at radius 1 is 1.25 bits per heavy atom. The fraction of sp³-hybridized carbons (Fsp3) is 0.286. The molecule has 0 amide bonds. The lowest BCUT2D eigenvalue weighted by atomic mass is 9.94. The molecule has 7 heteroatoms. The summed E-state index contributed by atoms with van der Waals surface area (Å²) in [6.07, 6.45) is 2.80. The molecule has 1 aliphatic rings. The van der Waals surface area contributed by atoms with Gasteiger partial charge in [-0.2, -0.15) is 0 Å². The Labute approximate surface area is 163 Å². The van der Waals surface area contributed by atoms with Gasteiger partial charge < -0.3 is 9.67 Å². The molecular weight excluding hydrogens is 384 g/mol. The van der Waals surface area contributed by atoms with Gasteiger partial charge in [-0.15, -0.1) is 0 Å². The van der Waals surface area contributed by atoms with E-state index in [0.29, 0.717) is 35.2 Å². The number of carboxylic acid groups (broad SMARTS) is 1. The average Bonchev–Trinajstić information content (AvgIpc) is 2.95. The van der Waals surface area contributed by atoms with Crippen LogP contribution in [0.15, 0.2) is 41.3 Å². The van der Waals surface area contributed by atoms with Crippen LogP contribution in [0.4, 0.5) is 8.78 Å². The third kappa shape index (κ3) is 3.24. The summed E-state index contributed by atoms with van der Waals surface area (Å²) in [4.78, 5) is 11.9. The lowest BCUT2D eigenvalue weighted by molar-refractivity contribution is -0.142. The fourth-order valence-electron chi connectivity index (χ4n) is 4.01. The van der Waals surface area contributed by atoms with Gasteiger partial charge in [-0.25, -0.2) is 8.78 Å². The van der Waals surface area contributed by atoms with E-state index < -0.39 is 28.5 Å². The van der Waals surface area contributed by atoms with Crippen molar-refractivity contribution in [3.05, 3.63) is 64.9 Å². The summed E-state index contributed by atoms with van der Waals surface area (Å²) >= 11 is 0. The molecule has 0 spiro atoms. The molecule has 0 aliphatic carbocycles. The maximum atomic E-state index is 14.6. The standard InChI is InChI=1S/C21H19F2NO3S/c1-28(27)15-5-2-12(18(23)10-15)8-16-17-9-14(22)4-7-20(17)24-11-13(21(25)26)3-6-19(16)24/h2,4-5,7,9-10,13H,3,6,8,11H2,1H3,(H,25,26). The van der Waals surface area contributed by atoms with Gasteiger partial charge in [-0.3, -0.25) is 9.00 Å². The van der Waals surface area contributed by atoms with Gasteiger partial charge in [0.2, 0.25) is 0 Å². The van der Waals surface area contributed by atoms with Gasteiger partial charge in [0.15, 0.2) is 0 Å². The molecule has 0 fully saturated rings. The topological polar surface area (TPSA) is 59.3 Å². The molecule has 2 unspecified atom stereocenters. The number of aliphatic carboxylic acids is 1. The Bertz CT molecular complexity index is 1120. The number of nitrogens with zero attached hydrogens (tertiary/aromatic N) is 1. The molecular formula is C21H19F2NO3S. The normalized spacial score (nSPS) is 17.5. The van der Waals surface area contributed by atoms with Crippen molar-refractivity contribution >= 4 is 27.7 Å². The lowest BCUT2D eigenvalue weighted by Crippen LogP contribution is -2.26. The van der Waals surface area contributed by atoms with Crippen LogP contribution in [0.3, 0.4) is 0 Å². The Hall–Kier alpha value is -2.54. The lowest BCUT2D eigenvalue weighted by Gasteiger charge is -2.23. The van der Waals surface area contributed by atoms with Crippen molar-refractivity contribution in [3.8, 4) is 0 Å². The molecule has 2 aromatic carbocycles. The quantitative estimate of drug-likeness (QED) is 0.719. The van der Waals surface area contributed by atoms with Crippen LogP contribution in [0, 0.1) is 17.6 Å². The minimum atomic E-state index is -1.27. The van der Waals surface area contributed by atoms with Crippen molar-refractivity contribution in [2.45, 2.75) is 30.7 Å². The SMILES string of the molecule is CS(=O)c1ccc(Cc2c3n(c4ccc(F)cc24)CC(C(=O)O)CC3)c(F)c1. The summed E-state index contributed by atoms with van der Waals surface area (Å²) in [5.41, 5.74) is 2.96. The van der Waals surface area contributed by atoms with E-state index in [0.717, 1.165) is 16.8 Å². The van der Waals surface area contributed by atoms with Crippen LogP contribution < -0.4 is 0 Å². The Kier molecular flexibility index (Phi) is 4.79. The highest BCUT2D eigenvalue weighted by Gasteiger charge is 2.29. The van der Waals surface area contributed by atoms with E-state index in [1.54, 1.807) is 18.2 Å². The largest absolute Gasteiger partial charge is 0.481 e. The third-order valence-electron chi connectivity index (χ3n) is 5.45. The van der Waals surface area contributed by atoms with E-state index >= 15 is 0 Å². The molecule has 0 saturated carbocycles. The van der Waals surface area contributed by atoms with Gasteiger partial charge in [0.1, 0.15) is 11.6 Å². The molecule has 3 aromatic rings. The van der Waals surface area contributed by atoms with Crippen molar-refractivity contribution in [1.29, 1.82) is 0 Å². The van der Waals surface area contributed by atoms with E-state index in [9.17, 15) is 22.9 Å². The van der Waals surface area contributed by atoms with Crippen LogP contribution in [0.2, 0.25) is 0 Å². The molecule has 2 atom stereocenters. The average molecular weight is 403 g/mol. The van der Waals surface area contributed by atoms with Gasteiger partial charge in [0.05, 0.1) is 5.92 Å². The summed E-state index contributed by atoms with van der Waals surface area (Å²) in [6, 6.07) is 8.97. The highest BCUT2D eigenvalue weighted by molar-refractivity contribution is 7.84. The van der Waals surface area contributed by atoms with E-state index in [4.69, 9.17) is 0 Å². The number of fused-ring (bicyclic) bond motifs is 3. The Morgan fingerprint density at radius 3 is 2.71 bits per heavy atom. The zero-order valence-corrected chi connectivity index (χ0v) is 16.1. The molecule has 0 radical (unpaired) electrons. The number of rotatable bonds is 4. The summed E-state index contributed by atoms with van der Waals surface area (Å²) in [5.74, 6) is -2.16. The molecule has 1 aliphatic heterocycles. The predicted octanol–water partition coefficient (Wildman–Crippen LogP) is 3.89. The number of carbonyl (C=O) groups is 1. The van der Waals surface area contributed by atoms with Crippen molar-refractivity contribution in [3.63, 3.8) is 0 Å². The third-order valence-corrected chi connectivity index (χ3v) is 6.37. The van der Waals surface area contributed by atoms with Gasteiger partial charge in [0.25, 0.3) is 0 Å². The molecule has 0 bridgehead atoms. The molecule has 146 valence electrons. The first kappa shape index (κ1) is 18.8. The van der Waals surface area contributed by atoms with E-state index in [2.05, 4.69) is 0 Å². The molecule has 1 N–H and O–H groups in total. The predicted molar refractivity (Wildman–Crippen MR) is 103 cm³/mol. The van der Waals surface area contributed by atoms with Gasteiger partial charge in [-0.1, -0.05) is 6.07 Å². The van der Waals surface area contributed by atoms with Gasteiger partial charge in [0, 0.05) is 51.5 Å². The minimum absolute atomic E-state index is 0.266. The molecule has 1 aromatic heterocycles. The monoisotopic (exact) mass is 403 g/mol. The zero-order chi connectivity index (χ0) is 20.0. The second-order valence-electron chi connectivity index (χ2n) is 7.16. The van der Waals surface area contributed by atoms with E-state index in [1.165, 1.54) is 24.5 Å². The van der Waals surface area contributed by atoms with Crippen LogP contribution in [0.25, 0.3) is 10.9 Å². The Morgan fingerprint density at radius 2 is 2.04 bits per heavy atom. The number of hydrogen-bond donors (Lipinski definition) is 1. The summed E-state index contributed by atoms with van der Waals surface area (Å²) < 4.78 is 42.0. The smallest absolute Gasteiger partial charge is 0.308 e. The summed E-state index contributed by atoms with van der Waals surface area (Å²) in [5, 5.41) is 10.1. The summed E-state index contributed by atoms with van der Waals surface area (Å²) in [7, 11) is -1.27. The number of halogens is 2. The molecule has 0 saturated heterocycles. The van der Waals surface area contributed by atoms with E-state index in [1.807, 2.05) is 4.57 Å². The van der Waals surface area contributed by atoms with Crippen molar-refractivity contribution in [2.24, 2.45) is 5.92 Å². The first-order chi connectivity index (χ1) is 13.3. The zero-order valence-electron chi connectivity index (χ0n) is 15.2. The van der Waals surface area contributed by atoms with Crippen molar-refractivity contribution in [2.75, 3.05) is 6.26 Å².